The lowest BCUT2D eigenvalue weighted by molar-refractivity contribution is 0.865. The lowest BCUT2D eigenvalue weighted by atomic mass is 9.99. The molecular weight excluding hydrogens is 441 g/mol. The Bertz CT molecular complexity index is 1250. The molecule has 0 saturated heterocycles. The molecule has 3 aromatic carbocycles. The van der Waals surface area contributed by atoms with Gasteiger partial charge in [0.1, 0.15) is 0 Å². The van der Waals surface area contributed by atoms with Gasteiger partial charge < -0.3 is 16.4 Å². The van der Waals surface area contributed by atoms with Crippen LogP contribution in [0.25, 0.3) is 21.8 Å². The van der Waals surface area contributed by atoms with Crippen LogP contribution in [0.15, 0.2) is 65.7 Å². The summed E-state index contributed by atoms with van der Waals surface area (Å²) in [5.74, 6) is 0.430. The average Bonchev–Trinajstić information content (AvgIpc) is 2.82. The van der Waals surface area contributed by atoms with Crippen LogP contribution in [0.3, 0.4) is 0 Å². The highest BCUT2D eigenvalue weighted by molar-refractivity contribution is 6.42. The molecular formula is C25H27Cl2N5. The maximum atomic E-state index is 6.15. The number of aliphatic imine (C=N–C) groups is 1. The number of nitrogens with two attached hydrogens (primary N) is 1. The number of anilines is 2. The molecule has 1 aromatic heterocycles. The molecule has 0 amide bonds. The van der Waals surface area contributed by atoms with Crippen molar-refractivity contribution in [3.63, 3.8) is 0 Å². The number of hydrogen-bond acceptors (Lipinski definition) is 3. The fourth-order valence-electron chi connectivity index (χ4n) is 3.46. The molecule has 0 radical (unpaired) electrons. The van der Waals surface area contributed by atoms with E-state index in [-0.39, 0.29) is 0 Å². The second-order valence-electron chi connectivity index (χ2n) is 6.88. The molecule has 32 heavy (non-hydrogen) atoms. The van der Waals surface area contributed by atoms with Crippen molar-refractivity contribution in [1.29, 1.82) is 0 Å². The number of guanidine groups is 1. The molecule has 4 N–H and O–H groups in total. The van der Waals surface area contributed by atoms with Gasteiger partial charge in [-0.1, -0.05) is 55.2 Å². The summed E-state index contributed by atoms with van der Waals surface area (Å²) in [4.78, 5) is 8.80. The standard InChI is InChI=1S/C23H21Cl2N5.C2H6/c1-27-23(26)28-11-10-16-17-4-2-3-5-21(17)30-22-9-7-14(12-18(16)22)29-15-6-8-19(24)20(25)13-15;1-2/h2-9,12-13,29H,10-11H2,1H3,(H3,26,27,28);1-2H3. The summed E-state index contributed by atoms with van der Waals surface area (Å²) in [5, 5.41) is 9.80. The molecule has 0 atom stereocenters. The predicted molar refractivity (Wildman–Crippen MR) is 140 cm³/mol. The molecule has 1 heterocycles. The summed E-state index contributed by atoms with van der Waals surface area (Å²) in [6.45, 7) is 4.68. The number of benzene rings is 3. The Morgan fingerprint density at radius 1 is 0.906 bits per heavy atom. The largest absolute Gasteiger partial charge is 0.370 e. The summed E-state index contributed by atoms with van der Waals surface area (Å²) in [6.07, 6.45) is 0.784. The maximum absolute atomic E-state index is 6.15. The number of nitrogens with one attached hydrogen (secondary N) is 2. The first kappa shape index (κ1) is 23.6. The minimum absolute atomic E-state index is 0.430. The highest BCUT2D eigenvalue weighted by atomic mass is 35.5. The van der Waals surface area contributed by atoms with E-state index in [9.17, 15) is 0 Å². The number of fused-ring (bicyclic) bond motifs is 2. The van der Waals surface area contributed by atoms with Crippen LogP contribution >= 0.6 is 23.2 Å². The van der Waals surface area contributed by atoms with E-state index in [2.05, 4.69) is 27.8 Å². The van der Waals surface area contributed by atoms with Crippen LogP contribution in [-0.2, 0) is 6.42 Å². The first-order valence-corrected chi connectivity index (χ1v) is 11.3. The molecule has 0 fully saturated rings. The summed E-state index contributed by atoms with van der Waals surface area (Å²) >= 11 is 12.2. The summed E-state index contributed by atoms with van der Waals surface area (Å²) < 4.78 is 0. The molecule has 4 rings (SSSR count). The van der Waals surface area contributed by atoms with Crippen LogP contribution in [0.4, 0.5) is 11.4 Å². The van der Waals surface area contributed by atoms with Crippen molar-refractivity contribution in [1.82, 2.24) is 10.3 Å². The van der Waals surface area contributed by atoms with E-state index in [0.29, 0.717) is 22.5 Å². The molecule has 0 aliphatic heterocycles. The third-order valence-corrected chi connectivity index (χ3v) is 5.66. The van der Waals surface area contributed by atoms with E-state index in [1.165, 1.54) is 5.56 Å². The van der Waals surface area contributed by atoms with E-state index >= 15 is 0 Å². The van der Waals surface area contributed by atoms with Crippen LogP contribution in [-0.4, -0.2) is 24.5 Å². The zero-order chi connectivity index (χ0) is 23.1. The van der Waals surface area contributed by atoms with Crippen LogP contribution in [0.1, 0.15) is 19.4 Å². The summed E-state index contributed by atoms with van der Waals surface area (Å²) in [7, 11) is 1.67. The molecule has 7 heteroatoms. The van der Waals surface area contributed by atoms with Crippen LogP contribution in [0.2, 0.25) is 10.0 Å². The van der Waals surface area contributed by atoms with E-state index in [4.69, 9.17) is 33.9 Å². The van der Waals surface area contributed by atoms with Crippen molar-refractivity contribution >= 4 is 62.3 Å². The lowest BCUT2D eigenvalue weighted by Gasteiger charge is -2.14. The van der Waals surface area contributed by atoms with Gasteiger partial charge in [0.25, 0.3) is 0 Å². The molecule has 0 unspecified atom stereocenters. The van der Waals surface area contributed by atoms with Gasteiger partial charge in [0.15, 0.2) is 5.96 Å². The van der Waals surface area contributed by atoms with Crippen molar-refractivity contribution in [2.24, 2.45) is 10.7 Å². The number of rotatable bonds is 5. The molecule has 0 saturated carbocycles. The van der Waals surface area contributed by atoms with Gasteiger partial charge >= 0.3 is 0 Å². The molecule has 0 aliphatic rings. The Balaban J connectivity index is 0.00000141. The normalized spacial score (nSPS) is 11.2. The van der Waals surface area contributed by atoms with Crippen molar-refractivity contribution < 1.29 is 0 Å². The van der Waals surface area contributed by atoms with Crippen LogP contribution in [0, 0.1) is 0 Å². The Labute approximate surface area is 198 Å². The maximum Gasteiger partial charge on any atom is 0.188 e. The minimum atomic E-state index is 0.430. The fraction of sp³-hybridized carbons (Fsp3) is 0.200. The Morgan fingerprint density at radius 2 is 1.59 bits per heavy atom. The Kier molecular flexibility index (Phi) is 8.14. The fourth-order valence-corrected chi connectivity index (χ4v) is 3.76. The van der Waals surface area contributed by atoms with Crippen LogP contribution in [0.5, 0.6) is 0 Å². The van der Waals surface area contributed by atoms with Crippen molar-refractivity contribution in [3.8, 4) is 0 Å². The monoisotopic (exact) mass is 467 g/mol. The summed E-state index contributed by atoms with van der Waals surface area (Å²) in [5.41, 5.74) is 10.7. The highest BCUT2D eigenvalue weighted by Crippen LogP contribution is 2.31. The number of pyridine rings is 1. The number of nitrogens with zero attached hydrogens (tertiary/aromatic N) is 2. The molecule has 0 spiro atoms. The molecule has 0 bridgehead atoms. The average molecular weight is 468 g/mol. The SMILES string of the molecule is CC.CN=C(N)NCCc1c2ccccc2nc2ccc(Nc3ccc(Cl)c(Cl)c3)cc12. The van der Waals surface area contributed by atoms with Crippen molar-refractivity contribution in [2.75, 3.05) is 18.9 Å². The van der Waals surface area contributed by atoms with Gasteiger partial charge in [0, 0.05) is 35.7 Å². The lowest BCUT2D eigenvalue weighted by Crippen LogP contribution is -2.32. The number of aromatic nitrogens is 1. The predicted octanol–water partition coefficient (Wildman–Crippen LogP) is 6.54. The van der Waals surface area contributed by atoms with Gasteiger partial charge in [0.2, 0.25) is 0 Å². The summed E-state index contributed by atoms with van der Waals surface area (Å²) in [6, 6.07) is 19.8. The van der Waals surface area contributed by atoms with Crippen molar-refractivity contribution in [2.45, 2.75) is 20.3 Å². The first-order valence-electron chi connectivity index (χ1n) is 10.5. The van der Waals surface area contributed by atoms with Crippen LogP contribution < -0.4 is 16.4 Å². The van der Waals surface area contributed by atoms with E-state index < -0.39 is 0 Å². The van der Waals surface area contributed by atoms with Gasteiger partial charge in [-0.3, -0.25) is 4.99 Å². The zero-order valence-corrected chi connectivity index (χ0v) is 19.9. The van der Waals surface area contributed by atoms with Gasteiger partial charge in [-0.2, -0.15) is 0 Å². The zero-order valence-electron chi connectivity index (χ0n) is 18.4. The third-order valence-electron chi connectivity index (χ3n) is 4.92. The first-order chi connectivity index (χ1) is 15.5. The van der Waals surface area contributed by atoms with E-state index in [1.54, 1.807) is 13.1 Å². The third kappa shape index (κ3) is 5.42. The second-order valence-corrected chi connectivity index (χ2v) is 7.69. The van der Waals surface area contributed by atoms with Gasteiger partial charge in [-0.15, -0.1) is 0 Å². The molecule has 5 nitrogen and oxygen atoms in total. The van der Waals surface area contributed by atoms with E-state index in [0.717, 1.165) is 39.6 Å². The molecule has 4 aromatic rings. The Morgan fingerprint density at radius 3 is 2.34 bits per heavy atom. The van der Waals surface area contributed by atoms with E-state index in [1.807, 2.05) is 56.3 Å². The Hall–Kier alpha value is -3.02. The van der Waals surface area contributed by atoms with Gasteiger partial charge in [-0.05, 0) is 54.4 Å². The number of hydrogen-bond donors (Lipinski definition) is 3. The molecule has 166 valence electrons. The number of para-hydroxylation sites is 1. The van der Waals surface area contributed by atoms with Crippen molar-refractivity contribution in [3.05, 3.63) is 76.3 Å². The minimum Gasteiger partial charge on any atom is -0.370 e. The molecule has 0 aliphatic carbocycles. The smallest absolute Gasteiger partial charge is 0.188 e. The topological polar surface area (TPSA) is 75.3 Å². The van der Waals surface area contributed by atoms with Gasteiger partial charge in [-0.25, -0.2) is 4.98 Å². The second kappa shape index (κ2) is 11.0. The van der Waals surface area contributed by atoms with Gasteiger partial charge in [0.05, 0.1) is 21.1 Å². The highest BCUT2D eigenvalue weighted by Gasteiger charge is 2.10. The number of halogens is 2. The quantitative estimate of drug-likeness (QED) is 0.177.